The van der Waals surface area contributed by atoms with Crippen LogP contribution in [0.25, 0.3) is 0 Å². The number of esters is 1. The van der Waals surface area contributed by atoms with E-state index in [1.807, 2.05) is 36.4 Å². The van der Waals surface area contributed by atoms with E-state index in [0.717, 1.165) is 11.1 Å². The molecule has 0 aliphatic heterocycles. The Balaban J connectivity index is 2.12. The van der Waals surface area contributed by atoms with Gasteiger partial charge in [-0.3, -0.25) is 9.59 Å². The topological polar surface area (TPSA) is 43.4 Å². The fraction of sp³-hybridized carbons (Fsp3) is 0.333. The Bertz CT molecular complexity index is 684. The van der Waals surface area contributed by atoms with Gasteiger partial charge in [0.2, 0.25) is 0 Å². The monoisotopic (exact) mass is 322 g/mol. The summed E-state index contributed by atoms with van der Waals surface area (Å²) in [7, 11) is 1.36. The van der Waals surface area contributed by atoms with Crippen LogP contribution in [0.5, 0.6) is 0 Å². The van der Waals surface area contributed by atoms with Crippen molar-refractivity contribution < 1.29 is 14.3 Å². The van der Waals surface area contributed by atoms with Gasteiger partial charge in [0.25, 0.3) is 0 Å². The van der Waals surface area contributed by atoms with E-state index in [0.29, 0.717) is 12.8 Å². The van der Waals surface area contributed by atoms with Gasteiger partial charge in [0.15, 0.2) is 0 Å². The van der Waals surface area contributed by atoms with E-state index >= 15 is 0 Å². The van der Waals surface area contributed by atoms with Gasteiger partial charge >= 0.3 is 5.97 Å². The molecule has 1 aliphatic rings. The molecule has 0 radical (unpaired) electrons. The first-order valence-corrected chi connectivity index (χ1v) is 8.30. The summed E-state index contributed by atoms with van der Waals surface area (Å²) in [5, 5.41) is 0. The van der Waals surface area contributed by atoms with E-state index in [1.54, 1.807) is 6.92 Å². The van der Waals surface area contributed by atoms with Crippen molar-refractivity contribution in [2.75, 3.05) is 7.11 Å². The molecule has 1 aliphatic carbocycles. The summed E-state index contributed by atoms with van der Waals surface area (Å²) in [5.74, 6) is -0.562. The van der Waals surface area contributed by atoms with E-state index in [2.05, 4.69) is 24.3 Å². The molecule has 3 rings (SSSR count). The van der Waals surface area contributed by atoms with Gasteiger partial charge in [0, 0.05) is 12.3 Å². The van der Waals surface area contributed by atoms with Crippen LogP contribution in [0.4, 0.5) is 0 Å². The maximum atomic E-state index is 12.6. The minimum absolute atomic E-state index is 0.0112. The Morgan fingerprint density at radius 3 is 2.00 bits per heavy atom. The molecule has 0 aromatic heterocycles. The van der Waals surface area contributed by atoms with E-state index in [9.17, 15) is 9.59 Å². The Morgan fingerprint density at radius 2 is 1.54 bits per heavy atom. The molecule has 3 heteroatoms. The Hall–Kier alpha value is -2.42. The van der Waals surface area contributed by atoms with Gasteiger partial charge in [0.05, 0.1) is 7.11 Å². The molecule has 2 aromatic carbocycles. The standard InChI is InChI=1S/C21H22O3/c1-21(20(23)24-2)17(13-14-18(21)22)19(15-9-5-3-6-10-15)16-11-7-4-8-12-16/h3-12,17,19H,13-14H2,1-2H3/t17-,21+/m1/s1. The average molecular weight is 322 g/mol. The Labute approximate surface area is 142 Å². The van der Waals surface area contributed by atoms with Crippen LogP contribution in [0.2, 0.25) is 0 Å². The van der Waals surface area contributed by atoms with Crippen molar-refractivity contribution in [2.45, 2.75) is 25.7 Å². The van der Waals surface area contributed by atoms with Gasteiger partial charge < -0.3 is 4.74 Å². The second-order valence-electron chi connectivity index (χ2n) is 6.56. The van der Waals surface area contributed by atoms with Gasteiger partial charge in [-0.1, -0.05) is 60.7 Å². The highest BCUT2D eigenvalue weighted by molar-refractivity contribution is 6.05. The van der Waals surface area contributed by atoms with E-state index < -0.39 is 11.4 Å². The molecule has 0 amide bonds. The van der Waals surface area contributed by atoms with Gasteiger partial charge in [-0.25, -0.2) is 0 Å². The molecule has 0 bridgehead atoms. The van der Waals surface area contributed by atoms with Crippen molar-refractivity contribution in [3.63, 3.8) is 0 Å². The minimum atomic E-state index is -1.09. The normalized spacial score (nSPS) is 23.5. The summed E-state index contributed by atoms with van der Waals surface area (Å²) in [6.07, 6.45) is 1.12. The van der Waals surface area contributed by atoms with Crippen molar-refractivity contribution in [3.8, 4) is 0 Å². The second-order valence-corrected chi connectivity index (χ2v) is 6.56. The number of carbonyl (C=O) groups excluding carboxylic acids is 2. The molecule has 0 unspecified atom stereocenters. The molecule has 2 atom stereocenters. The number of carbonyl (C=O) groups is 2. The molecular weight excluding hydrogens is 300 g/mol. The van der Waals surface area contributed by atoms with Gasteiger partial charge in [0.1, 0.15) is 11.2 Å². The van der Waals surface area contributed by atoms with E-state index in [1.165, 1.54) is 7.11 Å². The summed E-state index contributed by atoms with van der Waals surface area (Å²) in [6, 6.07) is 20.2. The first-order chi connectivity index (χ1) is 11.6. The molecule has 0 heterocycles. The summed E-state index contributed by atoms with van der Waals surface area (Å²) in [4.78, 5) is 25.1. The molecule has 3 nitrogen and oxygen atoms in total. The molecule has 124 valence electrons. The molecule has 24 heavy (non-hydrogen) atoms. The lowest BCUT2D eigenvalue weighted by Crippen LogP contribution is -2.41. The average Bonchev–Trinajstić information content (AvgIpc) is 2.93. The van der Waals surface area contributed by atoms with Crippen LogP contribution >= 0.6 is 0 Å². The van der Waals surface area contributed by atoms with Crippen molar-refractivity contribution >= 4 is 11.8 Å². The zero-order valence-electron chi connectivity index (χ0n) is 14.1. The van der Waals surface area contributed by atoms with Crippen LogP contribution < -0.4 is 0 Å². The SMILES string of the molecule is COC(=O)[C@]1(C)C(=O)CC[C@@H]1C(c1ccccc1)c1ccccc1. The fourth-order valence-corrected chi connectivity index (χ4v) is 4.00. The molecule has 1 fully saturated rings. The quantitative estimate of drug-likeness (QED) is 0.632. The molecule has 2 aromatic rings. The molecular formula is C21H22O3. The van der Waals surface area contributed by atoms with Crippen LogP contribution in [-0.2, 0) is 14.3 Å². The highest BCUT2D eigenvalue weighted by Gasteiger charge is 2.55. The summed E-state index contributed by atoms with van der Waals surface area (Å²) in [6.45, 7) is 1.75. The maximum Gasteiger partial charge on any atom is 0.319 e. The number of rotatable bonds is 4. The van der Waals surface area contributed by atoms with Crippen LogP contribution in [0.1, 0.15) is 36.8 Å². The molecule has 0 N–H and O–H groups in total. The molecule has 1 saturated carbocycles. The van der Waals surface area contributed by atoms with Gasteiger partial charge in [-0.2, -0.15) is 0 Å². The number of benzene rings is 2. The Kier molecular flexibility index (Phi) is 4.52. The van der Waals surface area contributed by atoms with Crippen molar-refractivity contribution in [1.29, 1.82) is 0 Å². The van der Waals surface area contributed by atoms with Gasteiger partial charge in [-0.15, -0.1) is 0 Å². The highest BCUT2D eigenvalue weighted by Crippen LogP contribution is 2.50. The lowest BCUT2D eigenvalue weighted by Gasteiger charge is -2.34. The van der Waals surface area contributed by atoms with Crippen molar-refractivity contribution in [2.24, 2.45) is 11.3 Å². The third kappa shape index (κ3) is 2.64. The van der Waals surface area contributed by atoms with Crippen LogP contribution in [0.15, 0.2) is 60.7 Å². The van der Waals surface area contributed by atoms with Crippen molar-refractivity contribution in [1.82, 2.24) is 0 Å². The number of ketones is 1. The third-order valence-electron chi connectivity index (χ3n) is 5.33. The number of hydrogen-bond donors (Lipinski definition) is 0. The number of hydrogen-bond acceptors (Lipinski definition) is 3. The summed E-state index contributed by atoms with van der Waals surface area (Å²) < 4.78 is 5.00. The molecule has 0 spiro atoms. The zero-order valence-corrected chi connectivity index (χ0v) is 14.1. The predicted molar refractivity (Wildman–Crippen MR) is 92.6 cm³/mol. The van der Waals surface area contributed by atoms with E-state index in [-0.39, 0.29) is 17.6 Å². The van der Waals surface area contributed by atoms with Crippen LogP contribution in [0.3, 0.4) is 0 Å². The lowest BCUT2D eigenvalue weighted by atomic mass is 9.68. The first-order valence-electron chi connectivity index (χ1n) is 8.30. The minimum Gasteiger partial charge on any atom is -0.468 e. The maximum absolute atomic E-state index is 12.6. The van der Waals surface area contributed by atoms with Crippen LogP contribution in [0, 0.1) is 11.3 Å². The third-order valence-corrected chi connectivity index (χ3v) is 5.33. The Morgan fingerprint density at radius 1 is 1.04 bits per heavy atom. The van der Waals surface area contributed by atoms with E-state index in [4.69, 9.17) is 4.74 Å². The highest BCUT2D eigenvalue weighted by atomic mass is 16.5. The zero-order chi connectivity index (χ0) is 17.2. The second kappa shape index (κ2) is 6.60. The largest absolute Gasteiger partial charge is 0.468 e. The summed E-state index contributed by atoms with van der Waals surface area (Å²) in [5.41, 5.74) is 1.16. The summed E-state index contributed by atoms with van der Waals surface area (Å²) >= 11 is 0. The number of Topliss-reactive ketones (excluding diaryl/α,β-unsaturated/α-hetero) is 1. The number of methoxy groups -OCH3 is 1. The first kappa shape index (κ1) is 16.4. The predicted octanol–water partition coefficient (Wildman–Crippen LogP) is 3.98. The smallest absolute Gasteiger partial charge is 0.319 e. The molecule has 0 saturated heterocycles. The van der Waals surface area contributed by atoms with Crippen molar-refractivity contribution in [3.05, 3.63) is 71.8 Å². The van der Waals surface area contributed by atoms with Gasteiger partial charge in [-0.05, 0) is 30.4 Å². The number of ether oxygens (including phenoxy) is 1. The fourth-order valence-electron chi connectivity index (χ4n) is 4.00. The lowest BCUT2D eigenvalue weighted by molar-refractivity contribution is -0.158. The van der Waals surface area contributed by atoms with Crippen LogP contribution in [-0.4, -0.2) is 18.9 Å².